The highest BCUT2D eigenvalue weighted by Gasteiger charge is 2.34. The van der Waals surface area contributed by atoms with Gasteiger partial charge in [-0.05, 0) is 35.9 Å². The third kappa shape index (κ3) is 4.72. The molecule has 3 amide bonds. The van der Waals surface area contributed by atoms with Crippen molar-refractivity contribution >= 4 is 35.6 Å². The first-order chi connectivity index (χ1) is 14.9. The van der Waals surface area contributed by atoms with E-state index in [2.05, 4.69) is 16.6 Å². The number of methoxy groups -OCH3 is 2. The Morgan fingerprint density at radius 3 is 2.74 bits per heavy atom. The van der Waals surface area contributed by atoms with Crippen LogP contribution in [-0.4, -0.2) is 43.6 Å². The number of furan rings is 1. The predicted molar refractivity (Wildman–Crippen MR) is 111 cm³/mol. The van der Waals surface area contributed by atoms with Gasteiger partial charge in [0.05, 0.1) is 25.8 Å². The summed E-state index contributed by atoms with van der Waals surface area (Å²) in [6.45, 7) is 3.67. The topological polar surface area (TPSA) is 107 Å². The Bertz CT molecular complexity index is 1070. The maximum atomic E-state index is 12.7. The number of nitrogens with one attached hydrogen (secondary N) is 1. The molecule has 0 atom stereocenters. The lowest BCUT2D eigenvalue weighted by atomic mass is 10.1. The minimum atomic E-state index is -0.657. The third-order valence-electron chi connectivity index (χ3n) is 4.23. The van der Waals surface area contributed by atoms with Gasteiger partial charge >= 0.3 is 12.0 Å². The van der Waals surface area contributed by atoms with E-state index in [0.717, 1.165) is 4.90 Å². The molecule has 1 N–H and O–H groups in total. The van der Waals surface area contributed by atoms with Gasteiger partial charge in [0.1, 0.15) is 18.1 Å². The Balaban J connectivity index is 1.81. The van der Waals surface area contributed by atoms with Gasteiger partial charge in [-0.3, -0.25) is 9.69 Å². The van der Waals surface area contributed by atoms with Crippen molar-refractivity contribution in [1.82, 2.24) is 10.2 Å². The van der Waals surface area contributed by atoms with Crippen molar-refractivity contribution in [2.75, 3.05) is 20.8 Å². The van der Waals surface area contributed by atoms with E-state index in [-0.39, 0.29) is 35.4 Å². The van der Waals surface area contributed by atoms with Gasteiger partial charge < -0.3 is 23.9 Å². The summed E-state index contributed by atoms with van der Waals surface area (Å²) in [6, 6.07) is 5.46. The van der Waals surface area contributed by atoms with E-state index in [9.17, 15) is 14.4 Å². The average molecular weight is 447 g/mol. The summed E-state index contributed by atoms with van der Waals surface area (Å²) >= 11 is 6.27. The van der Waals surface area contributed by atoms with E-state index in [0.29, 0.717) is 17.1 Å². The van der Waals surface area contributed by atoms with Crippen LogP contribution in [0.15, 0.2) is 47.0 Å². The molecule has 162 valence electrons. The number of ether oxygens (including phenoxy) is 3. The Morgan fingerprint density at radius 2 is 2.06 bits per heavy atom. The highest BCUT2D eigenvalue weighted by atomic mass is 35.5. The summed E-state index contributed by atoms with van der Waals surface area (Å²) in [5, 5.41) is 2.78. The van der Waals surface area contributed by atoms with Crippen LogP contribution < -0.4 is 14.8 Å². The number of carbonyl (C=O) groups is 3. The summed E-state index contributed by atoms with van der Waals surface area (Å²) in [7, 11) is 2.68. The molecular formula is C21H19ClN2O7. The monoisotopic (exact) mass is 446 g/mol. The number of amides is 3. The van der Waals surface area contributed by atoms with Gasteiger partial charge in [0.2, 0.25) is 5.76 Å². The smallest absolute Gasteiger partial charge is 0.373 e. The Hall–Kier alpha value is -3.72. The third-order valence-corrected chi connectivity index (χ3v) is 4.51. The first-order valence-electron chi connectivity index (χ1n) is 9.00. The fourth-order valence-corrected chi connectivity index (χ4v) is 3.09. The molecule has 2 aromatic rings. The van der Waals surface area contributed by atoms with Crippen molar-refractivity contribution < 1.29 is 33.0 Å². The van der Waals surface area contributed by atoms with Crippen molar-refractivity contribution in [1.29, 1.82) is 0 Å². The summed E-state index contributed by atoms with van der Waals surface area (Å²) < 4.78 is 20.7. The van der Waals surface area contributed by atoms with Gasteiger partial charge in [-0.2, -0.15) is 0 Å². The number of imide groups is 1. The zero-order chi connectivity index (χ0) is 22.5. The van der Waals surface area contributed by atoms with Crippen LogP contribution >= 0.6 is 11.6 Å². The average Bonchev–Trinajstić information content (AvgIpc) is 3.32. The first kappa shape index (κ1) is 22.0. The number of halogens is 1. The molecule has 1 aliphatic rings. The van der Waals surface area contributed by atoms with Gasteiger partial charge in [0.15, 0.2) is 11.5 Å². The first-order valence-corrected chi connectivity index (χ1v) is 9.38. The standard InChI is InChI=1S/C21H19ClN2O7/c1-4-7-30-18-14(22)8-12(10-17(18)28-2)9-15-19(25)24(21(27)23-15)11-13-5-6-16(31-13)20(26)29-3/h4-6,8-10H,1,7,11H2,2-3H3,(H,23,27)/b15-9-. The molecule has 0 saturated carbocycles. The lowest BCUT2D eigenvalue weighted by Gasteiger charge is -2.12. The van der Waals surface area contributed by atoms with Crippen molar-refractivity contribution in [3.05, 3.63) is 64.7 Å². The zero-order valence-electron chi connectivity index (χ0n) is 16.8. The molecule has 0 unspecified atom stereocenters. The second-order valence-corrected chi connectivity index (χ2v) is 6.68. The molecule has 0 spiro atoms. The number of hydrogen-bond acceptors (Lipinski definition) is 7. The summed E-state index contributed by atoms with van der Waals surface area (Å²) in [5.41, 5.74) is 0.562. The molecule has 2 heterocycles. The highest BCUT2D eigenvalue weighted by Crippen LogP contribution is 2.37. The van der Waals surface area contributed by atoms with Crippen LogP contribution in [-0.2, 0) is 16.1 Å². The van der Waals surface area contributed by atoms with Gasteiger partial charge in [0.25, 0.3) is 5.91 Å². The molecule has 3 rings (SSSR count). The van der Waals surface area contributed by atoms with Gasteiger partial charge in [-0.1, -0.05) is 24.3 Å². The summed E-state index contributed by atoms with van der Waals surface area (Å²) in [6.07, 6.45) is 3.04. The minimum Gasteiger partial charge on any atom is -0.493 e. The predicted octanol–water partition coefficient (Wildman–Crippen LogP) is 3.39. The van der Waals surface area contributed by atoms with E-state index in [4.69, 9.17) is 25.5 Å². The number of nitrogens with zero attached hydrogens (tertiary/aromatic N) is 1. The fraction of sp³-hybridized carbons (Fsp3) is 0.190. The molecule has 1 aromatic carbocycles. The minimum absolute atomic E-state index is 0.0270. The molecule has 1 fully saturated rings. The van der Waals surface area contributed by atoms with Crippen LogP contribution in [0.1, 0.15) is 21.9 Å². The van der Waals surface area contributed by atoms with Gasteiger partial charge in [-0.25, -0.2) is 9.59 Å². The van der Waals surface area contributed by atoms with Gasteiger partial charge in [-0.15, -0.1) is 0 Å². The molecule has 31 heavy (non-hydrogen) atoms. The maximum absolute atomic E-state index is 12.7. The second kappa shape index (κ2) is 9.40. The van der Waals surface area contributed by atoms with Crippen molar-refractivity contribution in [2.24, 2.45) is 0 Å². The summed E-state index contributed by atoms with van der Waals surface area (Å²) in [4.78, 5) is 37.4. The van der Waals surface area contributed by atoms with Crippen LogP contribution in [0.3, 0.4) is 0 Å². The van der Waals surface area contributed by atoms with Crippen molar-refractivity contribution in [3.8, 4) is 11.5 Å². The van der Waals surface area contributed by atoms with E-state index in [1.165, 1.54) is 32.4 Å². The van der Waals surface area contributed by atoms with Crippen LogP contribution in [0.2, 0.25) is 5.02 Å². The van der Waals surface area contributed by atoms with Crippen LogP contribution in [0.4, 0.5) is 4.79 Å². The number of hydrogen-bond donors (Lipinski definition) is 1. The van der Waals surface area contributed by atoms with E-state index < -0.39 is 17.9 Å². The molecular weight excluding hydrogens is 428 g/mol. The van der Waals surface area contributed by atoms with Crippen LogP contribution in [0.5, 0.6) is 11.5 Å². The maximum Gasteiger partial charge on any atom is 0.373 e. The van der Waals surface area contributed by atoms with Crippen molar-refractivity contribution in [3.63, 3.8) is 0 Å². The Kier molecular flexibility index (Phi) is 6.66. The van der Waals surface area contributed by atoms with E-state index >= 15 is 0 Å². The number of esters is 1. The number of benzene rings is 1. The normalized spacial score (nSPS) is 14.5. The molecule has 1 aromatic heterocycles. The quantitative estimate of drug-likeness (QED) is 0.286. The van der Waals surface area contributed by atoms with Crippen molar-refractivity contribution in [2.45, 2.75) is 6.54 Å². The van der Waals surface area contributed by atoms with Gasteiger partial charge in [0, 0.05) is 0 Å². The molecule has 0 radical (unpaired) electrons. The molecule has 0 aliphatic carbocycles. The lowest BCUT2D eigenvalue weighted by Crippen LogP contribution is -2.30. The second-order valence-electron chi connectivity index (χ2n) is 6.27. The Morgan fingerprint density at radius 1 is 1.29 bits per heavy atom. The van der Waals surface area contributed by atoms with E-state index in [1.54, 1.807) is 18.2 Å². The number of rotatable bonds is 8. The number of carbonyl (C=O) groups excluding carboxylic acids is 3. The zero-order valence-corrected chi connectivity index (χ0v) is 17.5. The Labute approximate surface area is 182 Å². The van der Waals surface area contributed by atoms with Crippen LogP contribution in [0, 0.1) is 0 Å². The molecule has 0 bridgehead atoms. The lowest BCUT2D eigenvalue weighted by molar-refractivity contribution is -0.123. The highest BCUT2D eigenvalue weighted by molar-refractivity contribution is 6.32. The SMILES string of the molecule is C=CCOc1c(Cl)cc(/C=C2\NC(=O)N(Cc3ccc(C(=O)OC)o3)C2=O)cc1OC. The largest absolute Gasteiger partial charge is 0.493 e. The molecule has 9 nitrogen and oxygen atoms in total. The van der Waals surface area contributed by atoms with Crippen LogP contribution in [0.25, 0.3) is 6.08 Å². The van der Waals surface area contributed by atoms with E-state index in [1.807, 2.05) is 0 Å². The molecule has 10 heteroatoms. The fourth-order valence-electron chi connectivity index (χ4n) is 2.82. The summed E-state index contributed by atoms with van der Waals surface area (Å²) in [5.74, 6) is -0.299. The molecule has 1 aliphatic heterocycles. The molecule has 1 saturated heterocycles. The number of urea groups is 1.